The number of rotatable bonds is 7. The summed E-state index contributed by atoms with van der Waals surface area (Å²) in [5.74, 6) is 0.289. The second kappa shape index (κ2) is 7.78. The second-order valence-corrected chi connectivity index (χ2v) is 6.79. The first-order valence-electron chi connectivity index (χ1n) is 8.63. The monoisotopic (exact) mass is 370 g/mol. The normalized spacial score (nSPS) is 11.2. The number of H-pyrrole nitrogens is 1. The zero-order valence-electron chi connectivity index (χ0n) is 15.0. The minimum absolute atomic E-state index is 0.0402. The van der Waals surface area contributed by atoms with Crippen LogP contribution in [0.25, 0.3) is 21.9 Å². The van der Waals surface area contributed by atoms with Crippen LogP contribution in [0.2, 0.25) is 0 Å². The number of nitrogens with one attached hydrogen (secondary N) is 1. The molecule has 1 N–H and O–H groups in total. The van der Waals surface area contributed by atoms with E-state index in [1.807, 2.05) is 38.1 Å². The Hall–Kier alpha value is -2.54. The van der Waals surface area contributed by atoms with E-state index in [-0.39, 0.29) is 17.2 Å². The molecular formula is C19H22N4O2S. The number of hydrogen-bond donors (Lipinski definition) is 1. The quantitative estimate of drug-likeness (QED) is 0.394. The Bertz CT molecular complexity index is 1020. The van der Waals surface area contributed by atoms with E-state index in [1.165, 1.54) is 11.8 Å². The van der Waals surface area contributed by atoms with E-state index < -0.39 is 0 Å². The molecule has 1 aromatic carbocycles. The van der Waals surface area contributed by atoms with Crippen LogP contribution < -0.4 is 5.56 Å². The Balaban J connectivity index is 2.06. The number of allylic oxidation sites excluding steroid dienone is 1. The molecule has 136 valence electrons. The minimum atomic E-state index is -0.149. The number of thioether (sulfide) groups is 1. The molecule has 26 heavy (non-hydrogen) atoms. The van der Waals surface area contributed by atoms with Gasteiger partial charge >= 0.3 is 0 Å². The van der Waals surface area contributed by atoms with E-state index in [0.717, 1.165) is 10.9 Å². The van der Waals surface area contributed by atoms with Crippen LogP contribution in [0, 0.1) is 0 Å². The third-order valence-corrected chi connectivity index (χ3v) is 5.29. The smallest absolute Gasteiger partial charge is 0.278 e. The minimum Gasteiger partial charge on any atom is -0.349 e. The third-order valence-electron chi connectivity index (χ3n) is 4.33. The highest BCUT2D eigenvalue weighted by atomic mass is 32.2. The molecule has 0 aliphatic carbocycles. The van der Waals surface area contributed by atoms with Gasteiger partial charge in [0.05, 0.1) is 5.75 Å². The van der Waals surface area contributed by atoms with Crippen LogP contribution in [0.5, 0.6) is 0 Å². The van der Waals surface area contributed by atoms with Crippen LogP contribution in [0.3, 0.4) is 0 Å². The average molecular weight is 370 g/mol. The zero-order valence-corrected chi connectivity index (χ0v) is 15.8. The van der Waals surface area contributed by atoms with E-state index in [2.05, 4.69) is 11.6 Å². The molecule has 0 saturated heterocycles. The molecule has 0 aliphatic rings. The molecule has 0 saturated carbocycles. The van der Waals surface area contributed by atoms with Crippen molar-refractivity contribution in [3.8, 4) is 0 Å². The standard InChI is InChI=1S/C19H22N4O2S/c1-4-11-23-18(25)17-16(13-9-7-8-10-14(13)20-17)21-19(23)26-12-15(24)22(5-2)6-3/h4,7-10,20H,1,5-6,11-12H2,2-3H3. The fraction of sp³-hybridized carbons (Fsp3) is 0.316. The Morgan fingerprint density at radius 2 is 2.08 bits per heavy atom. The fourth-order valence-electron chi connectivity index (χ4n) is 2.97. The predicted octanol–water partition coefficient (Wildman–Crippen LogP) is 3.02. The average Bonchev–Trinajstić information content (AvgIpc) is 3.02. The van der Waals surface area contributed by atoms with Crippen molar-refractivity contribution >= 4 is 39.6 Å². The highest BCUT2D eigenvalue weighted by Gasteiger charge is 2.17. The topological polar surface area (TPSA) is 71.0 Å². The van der Waals surface area contributed by atoms with E-state index >= 15 is 0 Å². The van der Waals surface area contributed by atoms with Crippen LogP contribution in [-0.2, 0) is 11.3 Å². The van der Waals surface area contributed by atoms with Gasteiger partial charge in [-0.05, 0) is 19.9 Å². The number of benzene rings is 1. The number of nitrogens with zero attached hydrogens (tertiary/aromatic N) is 3. The van der Waals surface area contributed by atoms with Crippen molar-refractivity contribution in [2.45, 2.75) is 25.5 Å². The number of carbonyl (C=O) groups excluding carboxylic acids is 1. The van der Waals surface area contributed by atoms with Gasteiger partial charge in [0, 0.05) is 30.5 Å². The van der Waals surface area contributed by atoms with Crippen molar-refractivity contribution in [2.75, 3.05) is 18.8 Å². The molecule has 7 heteroatoms. The van der Waals surface area contributed by atoms with Crippen molar-refractivity contribution in [3.05, 3.63) is 47.3 Å². The Morgan fingerprint density at radius 1 is 1.35 bits per heavy atom. The third kappa shape index (κ3) is 3.26. The highest BCUT2D eigenvalue weighted by molar-refractivity contribution is 7.99. The maximum Gasteiger partial charge on any atom is 0.278 e. The SMILES string of the molecule is C=CCn1c(SCC(=O)N(CC)CC)nc2c([nH]c3ccccc32)c1=O. The van der Waals surface area contributed by atoms with Gasteiger partial charge in [0.15, 0.2) is 5.16 Å². The molecule has 0 fully saturated rings. The van der Waals surface area contributed by atoms with Gasteiger partial charge in [-0.15, -0.1) is 6.58 Å². The summed E-state index contributed by atoms with van der Waals surface area (Å²) in [6.45, 7) is 9.33. The van der Waals surface area contributed by atoms with Crippen LogP contribution in [0.1, 0.15) is 13.8 Å². The molecule has 3 rings (SSSR count). The van der Waals surface area contributed by atoms with Crippen molar-refractivity contribution in [1.29, 1.82) is 0 Å². The number of aromatic nitrogens is 3. The molecule has 6 nitrogen and oxygen atoms in total. The van der Waals surface area contributed by atoms with Gasteiger partial charge in [-0.2, -0.15) is 0 Å². The molecule has 0 bridgehead atoms. The van der Waals surface area contributed by atoms with Crippen molar-refractivity contribution in [2.24, 2.45) is 0 Å². The van der Waals surface area contributed by atoms with Crippen LogP contribution in [0.15, 0.2) is 46.9 Å². The lowest BCUT2D eigenvalue weighted by atomic mass is 10.2. The number of fused-ring (bicyclic) bond motifs is 3. The first kappa shape index (κ1) is 18.3. The Labute approximate surface area is 155 Å². The van der Waals surface area contributed by atoms with E-state index in [4.69, 9.17) is 4.98 Å². The van der Waals surface area contributed by atoms with Gasteiger partial charge in [0.2, 0.25) is 5.91 Å². The summed E-state index contributed by atoms with van der Waals surface area (Å²) >= 11 is 1.29. The molecule has 0 spiro atoms. The highest BCUT2D eigenvalue weighted by Crippen LogP contribution is 2.24. The summed E-state index contributed by atoms with van der Waals surface area (Å²) in [5.41, 5.74) is 1.85. The summed E-state index contributed by atoms with van der Waals surface area (Å²) in [6.07, 6.45) is 1.66. The molecular weight excluding hydrogens is 348 g/mol. The molecule has 0 unspecified atom stereocenters. The molecule has 3 aromatic rings. The molecule has 1 amide bonds. The first-order chi connectivity index (χ1) is 12.6. The lowest BCUT2D eigenvalue weighted by molar-refractivity contribution is -0.127. The van der Waals surface area contributed by atoms with Crippen molar-refractivity contribution < 1.29 is 4.79 Å². The summed E-state index contributed by atoms with van der Waals surface area (Å²) in [7, 11) is 0. The molecule has 2 heterocycles. The zero-order chi connectivity index (χ0) is 18.7. The van der Waals surface area contributed by atoms with Crippen molar-refractivity contribution in [3.63, 3.8) is 0 Å². The lowest BCUT2D eigenvalue weighted by Crippen LogP contribution is -2.32. The first-order valence-corrected chi connectivity index (χ1v) is 9.61. The van der Waals surface area contributed by atoms with Crippen LogP contribution in [-0.4, -0.2) is 44.2 Å². The Kier molecular flexibility index (Phi) is 5.46. The second-order valence-electron chi connectivity index (χ2n) is 5.85. The Morgan fingerprint density at radius 3 is 2.77 bits per heavy atom. The van der Waals surface area contributed by atoms with Gasteiger partial charge in [-0.25, -0.2) is 4.98 Å². The lowest BCUT2D eigenvalue weighted by Gasteiger charge is -2.18. The number of aromatic amines is 1. The number of carbonyl (C=O) groups is 1. The largest absolute Gasteiger partial charge is 0.349 e. The summed E-state index contributed by atoms with van der Waals surface area (Å²) in [5, 5.41) is 1.44. The molecule has 0 atom stereocenters. The van der Waals surface area contributed by atoms with E-state index in [1.54, 1.807) is 15.5 Å². The van der Waals surface area contributed by atoms with E-state index in [9.17, 15) is 9.59 Å². The van der Waals surface area contributed by atoms with Crippen LogP contribution >= 0.6 is 11.8 Å². The molecule has 0 aliphatic heterocycles. The fourth-order valence-corrected chi connectivity index (χ4v) is 3.87. The van der Waals surface area contributed by atoms with E-state index in [0.29, 0.717) is 35.8 Å². The summed E-state index contributed by atoms with van der Waals surface area (Å²) in [4.78, 5) is 34.9. The van der Waals surface area contributed by atoms with Crippen molar-refractivity contribution in [1.82, 2.24) is 19.4 Å². The summed E-state index contributed by atoms with van der Waals surface area (Å²) < 4.78 is 1.56. The predicted molar refractivity (Wildman–Crippen MR) is 107 cm³/mol. The van der Waals surface area contributed by atoms with Gasteiger partial charge < -0.3 is 9.88 Å². The summed E-state index contributed by atoms with van der Waals surface area (Å²) in [6, 6.07) is 7.70. The number of amides is 1. The van der Waals surface area contributed by atoms with Gasteiger partial charge in [0.1, 0.15) is 11.0 Å². The maximum atomic E-state index is 12.9. The van der Waals surface area contributed by atoms with Gasteiger partial charge in [-0.3, -0.25) is 14.2 Å². The molecule has 0 radical (unpaired) electrons. The maximum absolute atomic E-state index is 12.9. The number of hydrogen-bond acceptors (Lipinski definition) is 4. The van der Waals surface area contributed by atoms with Gasteiger partial charge in [0.25, 0.3) is 5.56 Å². The van der Waals surface area contributed by atoms with Gasteiger partial charge in [-0.1, -0.05) is 36.0 Å². The molecule has 2 aromatic heterocycles. The van der Waals surface area contributed by atoms with Crippen LogP contribution in [0.4, 0.5) is 0 Å². The number of para-hydroxylation sites is 1.